The molecule has 0 amide bonds. The van der Waals surface area contributed by atoms with Crippen LogP contribution in [0.4, 0.5) is 0 Å². The molecular formula is C15H18BrNO2S. The first kappa shape index (κ1) is 15.5. The standard InChI is InChI=1S/C15H18BrNO2S/c1-10(17)15(13-6-7-14(16)20-13)19-12-5-3-2-4-11(12)8-9-18/h2-7,10,15,18H,8-9,17H2,1H3. The van der Waals surface area contributed by atoms with Crippen LogP contribution in [0, 0.1) is 0 Å². The highest BCUT2D eigenvalue weighted by molar-refractivity contribution is 9.11. The van der Waals surface area contributed by atoms with E-state index in [4.69, 9.17) is 15.6 Å². The number of ether oxygens (including phenoxy) is 1. The molecule has 20 heavy (non-hydrogen) atoms. The first-order chi connectivity index (χ1) is 9.61. The zero-order valence-corrected chi connectivity index (χ0v) is 13.7. The lowest BCUT2D eigenvalue weighted by Gasteiger charge is -2.23. The van der Waals surface area contributed by atoms with Gasteiger partial charge < -0.3 is 15.6 Å². The minimum atomic E-state index is -0.189. The van der Waals surface area contributed by atoms with Crippen molar-refractivity contribution in [3.63, 3.8) is 0 Å². The molecule has 2 rings (SSSR count). The van der Waals surface area contributed by atoms with Gasteiger partial charge in [-0.05, 0) is 53.0 Å². The van der Waals surface area contributed by atoms with Gasteiger partial charge in [0.15, 0.2) is 0 Å². The van der Waals surface area contributed by atoms with E-state index >= 15 is 0 Å². The van der Waals surface area contributed by atoms with Crippen molar-refractivity contribution in [3.8, 4) is 5.75 Å². The van der Waals surface area contributed by atoms with E-state index in [1.807, 2.05) is 43.3 Å². The van der Waals surface area contributed by atoms with E-state index in [-0.39, 0.29) is 18.8 Å². The Labute approximate surface area is 131 Å². The summed E-state index contributed by atoms with van der Waals surface area (Å²) in [6.07, 6.45) is 0.391. The molecule has 0 aliphatic heterocycles. The van der Waals surface area contributed by atoms with E-state index in [0.717, 1.165) is 20.0 Å². The molecule has 2 unspecified atom stereocenters. The van der Waals surface area contributed by atoms with Gasteiger partial charge in [0.05, 0.1) is 3.79 Å². The van der Waals surface area contributed by atoms with E-state index in [9.17, 15) is 0 Å². The summed E-state index contributed by atoms with van der Waals surface area (Å²) in [5, 5.41) is 9.12. The number of aliphatic hydroxyl groups is 1. The number of aliphatic hydroxyl groups excluding tert-OH is 1. The first-order valence-corrected chi connectivity index (χ1v) is 8.09. The van der Waals surface area contributed by atoms with Crippen molar-refractivity contribution in [3.05, 3.63) is 50.6 Å². The van der Waals surface area contributed by atoms with E-state index < -0.39 is 0 Å². The molecule has 3 N–H and O–H groups in total. The van der Waals surface area contributed by atoms with Crippen LogP contribution in [0.3, 0.4) is 0 Å². The lowest BCUT2D eigenvalue weighted by Crippen LogP contribution is -2.28. The minimum absolute atomic E-state index is 0.105. The van der Waals surface area contributed by atoms with Gasteiger partial charge in [-0.1, -0.05) is 18.2 Å². The van der Waals surface area contributed by atoms with Gasteiger partial charge in [-0.2, -0.15) is 0 Å². The lowest BCUT2D eigenvalue weighted by molar-refractivity contribution is 0.181. The predicted molar refractivity (Wildman–Crippen MR) is 86.3 cm³/mol. The molecule has 0 spiro atoms. The summed E-state index contributed by atoms with van der Waals surface area (Å²) < 4.78 is 7.17. The zero-order chi connectivity index (χ0) is 14.5. The normalized spacial score (nSPS) is 14.0. The maximum Gasteiger partial charge on any atom is 0.148 e. The topological polar surface area (TPSA) is 55.5 Å². The molecule has 0 saturated heterocycles. The van der Waals surface area contributed by atoms with Crippen molar-refractivity contribution in [2.24, 2.45) is 5.73 Å². The molecule has 1 aromatic heterocycles. The molecular weight excluding hydrogens is 338 g/mol. The molecule has 2 aromatic rings. The van der Waals surface area contributed by atoms with Crippen molar-refractivity contribution in [1.29, 1.82) is 0 Å². The second kappa shape index (κ2) is 7.22. The quantitative estimate of drug-likeness (QED) is 0.833. The molecule has 1 aromatic carbocycles. The van der Waals surface area contributed by atoms with Crippen LogP contribution in [0.25, 0.3) is 0 Å². The summed E-state index contributed by atoms with van der Waals surface area (Å²) >= 11 is 5.09. The number of para-hydroxylation sites is 1. The number of halogens is 1. The van der Waals surface area contributed by atoms with Crippen molar-refractivity contribution in [2.75, 3.05) is 6.61 Å². The number of hydrogen-bond donors (Lipinski definition) is 2. The van der Waals surface area contributed by atoms with Crippen LogP contribution < -0.4 is 10.5 Å². The van der Waals surface area contributed by atoms with E-state index in [1.54, 1.807) is 11.3 Å². The molecule has 0 aliphatic carbocycles. The average molecular weight is 356 g/mol. The van der Waals surface area contributed by atoms with Gasteiger partial charge in [0.25, 0.3) is 0 Å². The summed E-state index contributed by atoms with van der Waals surface area (Å²) in [5.74, 6) is 0.786. The van der Waals surface area contributed by atoms with Gasteiger partial charge in [0.1, 0.15) is 11.9 Å². The maximum absolute atomic E-state index is 9.12. The third-order valence-corrected chi connectivity index (χ3v) is 4.64. The Morgan fingerprint density at radius 2 is 2.05 bits per heavy atom. The van der Waals surface area contributed by atoms with Crippen LogP contribution in [0.1, 0.15) is 23.5 Å². The summed E-state index contributed by atoms with van der Waals surface area (Å²) in [6, 6.07) is 11.7. The summed E-state index contributed by atoms with van der Waals surface area (Å²) in [6.45, 7) is 2.04. The largest absolute Gasteiger partial charge is 0.483 e. The smallest absolute Gasteiger partial charge is 0.148 e. The van der Waals surface area contributed by atoms with Crippen LogP contribution in [0.2, 0.25) is 0 Å². The third-order valence-electron chi connectivity index (χ3n) is 2.96. The SMILES string of the molecule is CC(N)C(Oc1ccccc1CCO)c1ccc(Br)s1. The maximum atomic E-state index is 9.12. The molecule has 0 radical (unpaired) electrons. The summed E-state index contributed by atoms with van der Waals surface area (Å²) in [4.78, 5) is 1.09. The van der Waals surface area contributed by atoms with Gasteiger partial charge in [-0.15, -0.1) is 11.3 Å². The highest BCUT2D eigenvalue weighted by Crippen LogP contribution is 2.33. The second-order valence-corrected chi connectivity index (χ2v) is 7.12. The Morgan fingerprint density at radius 1 is 1.30 bits per heavy atom. The molecule has 108 valence electrons. The fourth-order valence-corrected chi connectivity index (χ4v) is 3.56. The van der Waals surface area contributed by atoms with Crippen LogP contribution >= 0.6 is 27.3 Å². The van der Waals surface area contributed by atoms with Crippen molar-refractivity contribution in [2.45, 2.75) is 25.5 Å². The summed E-state index contributed by atoms with van der Waals surface area (Å²) in [5.41, 5.74) is 7.06. The number of benzene rings is 1. The molecule has 0 fully saturated rings. The number of thiophene rings is 1. The monoisotopic (exact) mass is 355 g/mol. The van der Waals surface area contributed by atoms with E-state index in [2.05, 4.69) is 15.9 Å². The molecule has 0 aliphatic rings. The van der Waals surface area contributed by atoms with Crippen molar-refractivity contribution in [1.82, 2.24) is 0 Å². The van der Waals surface area contributed by atoms with Gasteiger partial charge in [-0.25, -0.2) is 0 Å². The summed E-state index contributed by atoms with van der Waals surface area (Å²) in [7, 11) is 0. The number of rotatable bonds is 6. The third kappa shape index (κ3) is 3.82. The molecule has 2 atom stereocenters. The molecule has 0 bridgehead atoms. The Balaban J connectivity index is 2.25. The Kier molecular flexibility index (Phi) is 5.60. The number of hydrogen-bond acceptors (Lipinski definition) is 4. The highest BCUT2D eigenvalue weighted by atomic mass is 79.9. The van der Waals surface area contributed by atoms with E-state index in [0.29, 0.717) is 6.42 Å². The van der Waals surface area contributed by atoms with Crippen molar-refractivity contribution >= 4 is 27.3 Å². The Hall–Kier alpha value is -0.880. The fourth-order valence-electron chi connectivity index (χ4n) is 1.99. The van der Waals surface area contributed by atoms with Crippen LogP contribution in [0.15, 0.2) is 40.2 Å². The minimum Gasteiger partial charge on any atom is -0.483 e. The van der Waals surface area contributed by atoms with Gasteiger partial charge in [0.2, 0.25) is 0 Å². The van der Waals surface area contributed by atoms with Crippen LogP contribution in [-0.4, -0.2) is 17.8 Å². The number of nitrogens with two attached hydrogens (primary N) is 1. The Bertz CT molecular complexity index is 556. The van der Waals surface area contributed by atoms with Gasteiger partial charge in [0, 0.05) is 17.5 Å². The predicted octanol–water partition coefficient (Wildman–Crippen LogP) is 3.51. The first-order valence-electron chi connectivity index (χ1n) is 6.48. The average Bonchev–Trinajstić information content (AvgIpc) is 2.84. The Morgan fingerprint density at radius 3 is 2.65 bits per heavy atom. The second-order valence-electron chi connectivity index (χ2n) is 4.62. The molecule has 1 heterocycles. The van der Waals surface area contributed by atoms with Crippen LogP contribution in [-0.2, 0) is 6.42 Å². The molecule has 3 nitrogen and oxygen atoms in total. The lowest BCUT2D eigenvalue weighted by atomic mass is 10.1. The van der Waals surface area contributed by atoms with Crippen molar-refractivity contribution < 1.29 is 9.84 Å². The zero-order valence-electron chi connectivity index (χ0n) is 11.3. The molecule has 0 saturated carbocycles. The van der Waals surface area contributed by atoms with E-state index in [1.165, 1.54) is 0 Å². The van der Waals surface area contributed by atoms with Gasteiger partial charge >= 0.3 is 0 Å². The highest BCUT2D eigenvalue weighted by Gasteiger charge is 2.21. The molecule has 5 heteroatoms. The van der Waals surface area contributed by atoms with Crippen LogP contribution in [0.5, 0.6) is 5.75 Å². The fraction of sp³-hybridized carbons (Fsp3) is 0.333. The van der Waals surface area contributed by atoms with Gasteiger partial charge in [-0.3, -0.25) is 0 Å².